The van der Waals surface area contributed by atoms with Crippen LogP contribution in [-0.2, 0) is 13.6 Å². The fourth-order valence-corrected chi connectivity index (χ4v) is 8.52. The van der Waals surface area contributed by atoms with Gasteiger partial charge in [-0.2, -0.15) is 0 Å². The Hall–Kier alpha value is 0.0669. The lowest BCUT2D eigenvalue weighted by Crippen LogP contribution is -2.35. The van der Waals surface area contributed by atoms with Crippen LogP contribution in [0.2, 0.25) is 19.6 Å². The molecule has 0 fully saturated rings. The van der Waals surface area contributed by atoms with Crippen LogP contribution in [0.15, 0.2) is 11.0 Å². The second-order valence-corrected chi connectivity index (χ2v) is 15.1. The zero-order chi connectivity index (χ0) is 17.8. The summed E-state index contributed by atoms with van der Waals surface area (Å²) in [5, 5.41) is 10.5. The van der Waals surface area contributed by atoms with Crippen molar-refractivity contribution in [3.63, 3.8) is 0 Å². The number of hydrogen-bond donors (Lipinski definition) is 1. The maximum absolute atomic E-state index is 13.3. The lowest BCUT2D eigenvalue weighted by atomic mass is 9.81. The minimum atomic E-state index is -3.31. The van der Waals surface area contributed by atoms with Gasteiger partial charge in [0.05, 0.1) is 27.4 Å². The van der Waals surface area contributed by atoms with Gasteiger partial charge in [-0.3, -0.25) is 4.57 Å². The summed E-state index contributed by atoms with van der Waals surface area (Å²) in [4.78, 5) is 0.772. The quantitative estimate of drug-likeness (QED) is 0.466. The Morgan fingerprint density at radius 3 is 1.86 bits per heavy atom. The van der Waals surface area contributed by atoms with Crippen LogP contribution in [0.5, 0.6) is 0 Å². The standard InChI is InChI=1S/C16H35O4PSi/c1-10-19-21(18,20-11-2)14(22(7,8)9)12-16(5,6)15(17)13(3)4/h12-13,15,17H,10-11H2,1-9H3/b14-12+. The summed E-state index contributed by atoms with van der Waals surface area (Å²) in [7, 11) is -5.26. The van der Waals surface area contributed by atoms with E-state index in [4.69, 9.17) is 9.05 Å². The Bertz CT molecular complexity index is 414. The topological polar surface area (TPSA) is 55.8 Å². The Labute approximate surface area is 137 Å². The Balaban J connectivity index is 6.03. The molecule has 1 N–H and O–H groups in total. The minimum absolute atomic E-state index is 0.118. The molecule has 0 rings (SSSR count). The van der Waals surface area contributed by atoms with Gasteiger partial charge in [0.25, 0.3) is 0 Å². The van der Waals surface area contributed by atoms with E-state index in [2.05, 4.69) is 19.6 Å². The van der Waals surface area contributed by atoms with Crippen molar-refractivity contribution in [3.05, 3.63) is 11.0 Å². The molecule has 1 atom stereocenters. The summed E-state index contributed by atoms with van der Waals surface area (Å²) in [6.45, 7) is 18.6. The van der Waals surface area contributed by atoms with Crippen LogP contribution < -0.4 is 0 Å². The summed E-state index contributed by atoms with van der Waals surface area (Å²) in [6, 6.07) is 0. The largest absolute Gasteiger partial charge is 0.392 e. The van der Waals surface area contributed by atoms with Gasteiger partial charge in [0.2, 0.25) is 0 Å². The summed E-state index contributed by atoms with van der Waals surface area (Å²) >= 11 is 0. The van der Waals surface area contributed by atoms with E-state index < -0.39 is 27.2 Å². The van der Waals surface area contributed by atoms with Gasteiger partial charge in [0.1, 0.15) is 0 Å². The van der Waals surface area contributed by atoms with Crippen LogP contribution >= 0.6 is 7.60 Å². The first kappa shape index (κ1) is 22.1. The summed E-state index contributed by atoms with van der Waals surface area (Å²) in [6.07, 6.45) is 1.44. The second kappa shape index (κ2) is 8.25. The van der Waals surface area contributed by atoms with E-state index in [0.717, 1.165) is 4.94 Å². The average molecular weight is 351 g/mol. The highest BCUT2D eigenvalue weighted by atomic mass is 31.2. The molecule has 0 saturated carbocycles. The molecule has 0 heterocycles. The first-order valence-corrected chi connectivity index (χ1v) is 13.2. The summed E-state index contributed by atoms with van der Waals surface area (Å²) in [5.74, 6) is 0.118. The SMILES string of the molecule is CCOP(=O)(OCC)/C(=C\C(C)(C)C(O)C(C)C)[Si](C)(C)C. The minimum Gasteiger partial charge on any atom is -0.392 e. The van der Waals surface area contributed by atoms with E-state index in [1.54, 1.807) is 0 Å². The molecule has 0 aliphatic carbocycles. The van der Waals surface area contributed by atoms with Crippen LogP contribution in [0.3, 0.4) is 0 Å². The smallest absolute Gasteiger partial charge is 0.353 e. The van der Waals surface area contributed by atoms with Crippen molar-refractivity contribution in [2.45, 2.75) is 67.3 Å². The highest BCUT2D eigenvalue weighted by Gasteiger charge is 2.41. The third-order valence-electron chi connectivity index (χ3n) is 3.56. The van der Waals surface area contributed by atoms with Gasteiger partial charge >= 0.3 is 7.60 Å². The van der Waals surface area contributed by atoms with E-state index in [1.807, 2.05) is 47.6 Å². The molecule has 0 aromatic heterocycles. The van der Waals surface area contributed by atoms with Gasteiger partial charge in [-0.15, -0.1) is 0 Å². The molecule has 0 radical (unpaired) electrons. The molecule has 0 aromatic carbocycles. The second-order valence-electron chi connectivity index (χ2n) is 7.62. The predicted octanol–water partition coefficient (Wildman–Crippen LogP) is 5.06. The summed E-state index contributed by atoms with van der Waals surface area (Å²) in [5.41, 5.74) is -0.492. The van der Waals surface area contributed by atoms with E-state index in [1.165, 1.54) is 0 Å². The molecule has 0 saturated heterocycles. The summed E-state index contributed by atoms with van der Waals surface area (Å²) < 4.78 is 24.4. The molecule has 0 bridgehead atoms. The van der Waals surface area contributed by atoms with Crippen molar-refractivity contribution < 1.29 is 18.7 Å². The molecule has 1 unspecified atom stereocenters. The van der Waals surface area contributed by atoms with E-state index >= 15 is 0 Å². The molecule has 0 aromatic rings. The fourth-order valence-electron chi connectivity index (χ4n) is 2.52. The molecular formula is C16H35O4PSi. The zero-order valence-corrected chi connectivity index (χ0v) is 17.7. The molecule has 0 aliphatic heterocycles. The lowest BCUT2D eigenvalue weighted by Gasteiger charge is -2.35. The Morgan fingerprint density at radius 2 is 1.59 bits per heavy atom. The maximum atomic E-state index is 13.3. The monoisotopic (exact) mass is 350 g/mol. The van der Waals surface area contributed by atoms with Crippen LogP contribution in [0.25, 0.3) is 0 Å². The third kappa shape index (κ3) is 5.93. The molecule has 0 amide bonds. The molecule has 6 heteroatoms. The average Bonchev–Trinajstić information content (AvgIpc) is 2.34. The third-order valence-corrected chi connectivity index (χ3v) is 9.99. The van der Waals surface area contributed by atoms with Crippen LogP contribution in [0.4, 0.5) is 0 Å². The predicted molar refractivity (Wildman–Crippen MR) is 96.9 cm³/mol. The zero-order valence-electron chi connectivity index (χ0n) is 15.8. The fraction of sp³-hybridized carbons (Fsp3) is 0.875. The van der Waals surface area contributed by atoms with Crippen molar-refractivity contribution >= 4 is 15.7 Å². The molecule has 0 spiro atoms. The van der Waals surface area contributed by atoms with Gasteiger partial charge in [-0.1, -0.05) is 53.4 Å². The number of hydrogen-bond acceptors (Lipinski definition) is 4. The van der Waals surface area contributed by atoms with Crippen molar-refractivity contribution in [1.82, 2.24) is 0 Å². The molecular weight excluding hydrogens is 315 g/mol. The molecule has 0 aliphatic rings. The highest BCUT2D eigenvalue weighted by molar-refractivity contribution is 7.62. The molecule has 132 valence electrons. The lowest BCUT2D eigenvalue weighted by molar-refractivity contribution is 0.0409. The molecule has 4 nitrogen and oxygen atoms in total. The van der Waals surface area contributed by atoms with Gasteiger partial charge in [0.15, 0.2) is 0 Å². The van der Waals surface area contributed by atoms with Crippen molar-refractivity contribution in [2.75, 3.05) is 13.2 Å². The number of rotatable bonds is 9. The maximum Gasteiger partial charge on any atom is 0.353 e. The first-order valence-electron chi connectivity index (χ1n) is 8.13. The van der Waals surface area contributed by atoms with Gasteiger partial charge in [-0.25, -0.2) is 0 Å². The van der Waals surface area contributed by atoms with Gasteiger partial charge < -0.3 is 14.2 Å². The van der Waals surface area contributed by atoms with E-state index in [9.17, 15) is 9.67 Å². The van der Waals surface area contributed by atoms with Crippen molar-refractivity contribution in [2.24, 2.45) is 11.3 Å². The van der Waals surface area contributed by atoms with Crippen LogP contribution in [0, 0.1) is 11.3 Å². The number of aliphatic hydroxyl groups excluding tert-OH is 1. The number of aliphatic hydroxyl groups is 1. The normalized spacial score (nSPS) is 16.2. The molecule has 22 heavy (non-hydrogen) atoms. The van der Waals surface area contributed by atoms with E-state index in [-0.39, 0.29) is 5.92 Å². The van der Waals surface area contributed by atoms with Gasteiger partial charge in [-0.05, 0) is 19.8 Å². The first-order chi connectivity index (χ1) is 9.81. The van der Waals surface area contributed by atoms with Gasteiger partial charge in [0, 0.05) is 10.4 Å². The van der Waals surface area contributed by atoms with Crippen LogP contribution in [0.1, 0.15) is 41.5 Å². The van der Waals surface area contributed by atoms with Crippen molar-refractivity contribution in [1.29, 1.82) is 0 Å². The Morgan fingerprint density at radius 1 is 1.18 bits per heavy atom. The van der Waals surface area contributed by atoms with E-state index in [0.29, 0.717) is 13.2 Å². The van der Waals surface area contributed by atoms with Crippen LogP contribution in [-0.4, -0.2) is 32.5 Å². The highest BCUT2D eigenvalue weighted by Crippen LogP contribution is 2.60. The Kier molecular flexibility index (Phi) is 8.27. The van der Waals surface area contributed by atoms with Crippen molar-refractivity contribution in [3.8, 4) is 0 Å².